The smallest absolute Gasteiger partial charge is 0.300 e. The zero-order chi connectivity index (χ0) is 23.9. The molecular formula is C27H24FNO4. The summed E-state index contributed by atoms with van der Waals surface area (Å²) >= 11 is 0. The number of carbonyl (C=O) groups is 2. The van der Waals surface area contributed by atoms with Crippen LogP contribution in [0.5, 0.6) is 5.75 Å². The van der Waals surface area contributed by atoms with Gasteiger partial charge in [-0.25, -0.2) is 4.39 Å². The van der Waals surface area contributed by atoms with Gasteiger partial charge in [-0.2, -0.15) is 0 Å². The van der Waals surface area contributed by atoms with E-state index in [4.69, 9.17) is 4.74 Å². The van der Waals surface area contributed by atoms with Crippen LogP contribution >= 0.6 is 0 Å². The molecule has 1 aliphatic heterocycles. The molecule has 4 rings (SSSR count). The van der Waals surface area contributed by atoms with E-state index < -0.39 is 23.5 Å². The molecule has 1 atom stereocenters. The van der Waals surface area contributed by atoms with Crippen molar-refractivity contribution in [1.29, 1.82) is 0 Å². The highest BCUT2D eigenvalue weighted by Crippen LogP contribution is 2.43. The van der Waals surface area contributed by atoms with Crippen LogP contribution in [0, 0.1) is 26.6 Å². The Morgan fingerprint density at radius 1 is 0.970 bits per heavy atom. The van der Waals surface area contributed by atoms with Crippen LogP contribution in [0.3, 0.4) is 0 Å². The molecule has 1 heterocycles. The van der Waals surface area contributed by atoms with Gasteiger partial charge in [-0.1, -0.05) is 18.2 Å². The number of halogens is 1. The van der Waals surface area contributed by atoms with Crippen molar-refractivity contribution in [2.24, 2.45) is 0 Å². The monoisotopic (exact) mass is 445 g/mol. The van der Waals surface area contributed by atoms with Gasteiger partial charge in [0.25, 0.3) is 11.7 Å². The number of aliphatic hydroxyl groups is 1. The first-order valence-corrected chi connectivity index (χ1v) is 10.5. The number of benzene rings is 3. The largest absolute Gasteiger partial charge is 0.507 e. The minimum atomic E-state index is -0.883. The fourth-order valence-corrected chi connectivity index (χ4v) is 4.26. The first-order valence-electron chi connectivity index (χ1n) is 10.5. The van der Waals surface area contributed by atoms with Gasteiger partial charge in [-0.05, 0) is 85.5 Å². The molecule has 0 aliphatic carbocycles. The second-order valence-electron chi connectivity index (χ2n) is 8.26. The van der Waals surface area contributed by atoms with Crippen LogP contribution in [0.2, 0.25) is 0 Å². The maximum atomic E-state index is 13.8. The average molecular weight is 445 g/mol. The fourth-order valence-electron chi connectivity index (χ4n) is 4.26. The third kappa shape index (κ3) is 4.00. The number of amides is 1. The molecule has 1 amide bonds. The predicted molar refractivity (Wildman–Crippen MR) is 125 cm³/mol. The highest BCUT2D eigenvalue weighted by Gasteiger charge is 2.47. The Hall–Kier alpha value is -3.93. The summed E-state index contributed by atoms with van der Waals surface area (Å²) in [7, 11) is 1.53. The molecule has 0 aromatic heterocycles. The van der Waals surface area contributed by atoms with E-state index in [0.29, 0.717) is 22.6 Å². The number of nitrogens with zero attached hydrogens (tertiary/aromatic N) is 1. The molecule has 6 heteroatoms. The molecule has 5 nitrogen and oxygen atoms in total. The maximum Gasteiger partial charge on any atom is 0.300 e. The van der Waals surface area contributed by atoms with Crippen molar-refractivity contribution >= 4 is 23.1 Å². The Bertz CT molecular complexity index is 1290. The Kier molecular flexibility index (Phi) is 5.77. The third-order valence-corrected chi connectivity index (χ3v) is 5.77. The molecule has 1 saturated heterocycles. The number of aliphatic hydroxyl groups excluding tert-OH is 1. The fraction of sp³-hybridized carbons (Fsp3) is 0.185. The summed E-state index contributed by atoms with van der Waals surface area (Å²) in [4.78, 5) is 27.9. The van der Waals surface area contributed by atoms with Crippen molar-refractivity contribution in [3.05, 3.63) is 99.9 Å². The van der Waals surface area contributed by atoms with E-state index >= 15 is 0 Å². The van der Waals surface area contributed by atoms with E-state index in [0.717, 1.165) is 11.1 Å². The summed E-state index contributed by atoms with van der Waals surface area (Å²) in [6.45, 7) is 5.39. The average Bonchev–Trinajstić information content (AvgIpc) is 3.05. The molecule has 0 radical (unpaired) electrons. The topological polar surface area (TPSA) is 66.8 Å². The molecule has 1 fully saturated rings. The lowest BCUT2D eigenvalue weighted by Gasteiger charge is -2.26. The molecule has 1 aliphatic rings. The molecule has 3 aromatic carbocycles. The summed E-state index contributed by atoms with van der Waals surface area (Å²) in [5.74, 6) is -1.77. The van der Waals surface area contributed by atoms with E-state index in [1.807, 2.05) is 32.0 Å². The van der Waals surface area contributed by atoms with Crippen molar-refractivity contribution < 1.29 is 23.8 Å². The van der Waals surface area contributed by atoms with Crippen molar-refractivity contribution in [2.75, 3.05) is 12.0 Å². The van der Waals surface area contributed by atoms with Gasteiger partial charge in [0.2, 0.25) is 0 Å². The third-order valence-electron chi connectivity index (χ3n) is 5.77. The van der Waals surface area contributed by atoms with Gasteiger partial charge >= 0.3 is 0 Å². The predicted octanol–water partition coefficient (Wildman–Crippen LogP) is 5.39. The van der Waals surface area contributed by atoms with Crippen LogP contribution in [0.1, 0.15) is 33.9 Å². The first-order chi connectivity index (χ1) is 15.7. The van der Waals surface area contributed by atoms with E-state index in [1.165, 1.54) is 30.2 Å². The van der Waals surface area contributed by atoms with Gasteiger partial charge in [0.1, 0.15) is 17.3 Å². The number of hydrogen-bond acceptors (Lipinski definition) is 4. The number of aryl methyl sites for hydroxylation is 3. The SMILES string of the molecule is COc1cccc(C2/C(=C(/O)c3ccc(F)c(C)c3)C(=O)C(=O)N2c2cc(C)cc(C)c2)c1. The lowest BCUT2D eigenvalue weighted by atomic mass is 9.94. The van der Waals surface area contributed by atoms with Crippen LogP contribution in [0.25, 0.3) is 5.76 Å². The molecule has 0 spiro atoms. The lowest BCUT2D eigenvalue weighted by molar-refractivity contribution is -0.132. The second kappa shape index (κ2) is 8.54. The van der Waals surface area contributed by atoms with Crippen molar-refractivity contribution in [3.8, 4) is 5.75 Å². The Labute approximate surface area is 191 Å². The van der Waals surface area contributed by atoms with Crippen molar-refractivity contribution in [1.82, 2.24) is 0 Å². The van der Waals surface area contributed by atoms with E-state index in [9.17, 15) is 19.1 Å². The molecule has 1 N–H and O–H groups in total. The molecule has 1 unspecified atom stereocenters. The van der Waals surface area contributed by atoms with Crippen LogP contribution in [-0.2, 0) is 9.59 Å². The first kappa shape index (κ1) is 22.3. The van der Waals surface area contributed by atoms with Crippen LogP contribution in [-0.4, -0.2) is 23.9 Å². The zero-order valence-electron chi connectivity index (χ0n) is 18.8. The summed E-state index contributed by atoms with van der Waals surface area (Å²) in [5, 5.41) is 11.2. The minimum Gasteiger partial charge on any atom is -0.507 e. The van der Waals surface area contributed by atoms with Crippen LogP contribution in [0.15, 0.2) is 66.2 Å². The Morgan fingerprint density at radius 3 is 2.30 bits per heavy atom. The van der Waals surface area contributed by atoms with Gasteiger partial charge in [-0.15, -0.1) is 0 Å². The molecule has 33 heavy (non-hydrogen) atoms. The summed E-state index contributed by atoms with van der Waals surface area (Å²) in [5.41, 5.74) is 3.56. The minimum absolute atomic E-state index is 0.0570. The summed E-state index contributed by atoms with van der Waals surface area (Å²) in [6, 6.07) is 15.9. The number of anilines is 1. The van der Waals surface area contributed by atoms with E-state index in [2.05, 4.69) is 0 Å². The van der Waals surface area contributed by atoms with Crippen LogP contribution < -0.4 is 9.64 Å². The summed E-state index contributed by atoms with van der Waals surface area (Å²) < 4.78 is 19.2. The number of carbonyl (C=O) groups excluding carboxylic acids is 2. The number of Topliss-reactive ketones (excluding diaryl/α,β-unsaturated/α-hetero) is 1. The quantitative estimate of drug-likeness (QED) is 0.332. The van der Waals surface area contributed by atoms with Crippen molar-refractivity contribution in [2.45, 2.75) is 26.8 Å². The molecule has 0 bridgehead atoms. The lowest BCUT2D eigenvalue weighted by Crippen LogP contribution is -2.29. The number of rotatable bonds is 4. The number of hydrogen-bond donors (Lipinski definition) is 1. The zero-order valence-corrected chi connectivity index (χ0v) is 18.8. The van der Waals surface area contributed by atoms with E-state index in [-0.39, 0.29) is 16.9 Å². The maximum absolute atomic E-state index is 13.8. The van der Waals surface area contributed by atoms with Gasteiger partial charge in [0.15, 0.2) is 0 Å². The van der Waals surface area contributed by atoms with Crippen molar-refractivity contribution in [3.63, 3.8) is 0 Å². The van der Waals surface area contributed by atoms with Gasteiger partial charge in [0, 0.05) is 11.3 Å². The molecule has 0 saturated carbocycles. The second-order valence-corrected chi connectivity index (χ2v) is 8.26. The van der Waals surface area contributed by atoms with Gasteiger partial charge < -0.3 is 9.84 Å². The summed E-state index contributed by atoms with van der Waals surface area (Å²) in [6.07, 6.45) is 0. The highest BCUT2D eigenvalue weighted by molar-refractivity contribution is 6.51. The normalized spacial score (nSPS) is 17.5. The van der Waals surface area contributed by atoms with Gasteiger partial charge in [0.05, 0.1) is 18.7 Å². The number of ketones is 1. The molecule has 168 valence electrons. The van der Waals surface area contributed by atoms with E-state index in [1.54, 1.807) is 31.2 Å². The standard InChI is InChI=1S/C27H24FNO4/c1-15-10-16(2)12-20(11-15)29-24(18-6-5-7-21(14-18)33-4)23(26(31)27(29)32)25(30)19-8-9-22(28)17(3)13-19/h5-14,24,30H,1-4H3/b25-23-. The van der Waals surface area contributed by atoms with Gasteiger partial charge in [-0.3, -0.25) is 14.5 Å². The highest BCUT2D eigenvalue weighted by atomic mass is 19.1. The van der Waals surface area contributed by atoms with Crippen LogP contribution in [0.4, 0.5) is 10.1 Å². The Morgan fingerprint density at radius 2 is 1.67 bits per heavy atom. The molecule has 3 aromatic rings. The number of ether oxygens (including phenoxy) is 1. The Balaban J connectivity index is 1.99. The number of methoxy groups -OCH3 is 1. The molecular weight excluding hydrogens is 421 g/mol.